The third-order valence-electron chi connectivity index (χ3n) is 1.94. The van der Waals surface area contributed by atoms with Crippen molar-refractivity contribution in [1.82, 2.24) is 0 Å². The Hall–Kier alpha value is -2.39. The lowest BCUT2D eigenvalue weighted by molar-refractivity contribution is -0.384. The fraction of sp³-hybridized carbons (Fsp3) is 0.250. The number of hydrogen-bond acceptors (Lipinski definition) is 5. The standard InChI is InChI=1S/C12H11NO5/c1-2-18-12(15)11(14)8-5-9-3-6-10(7-4-9)13(16)17/h3-4,6-7,11,14H,2H2,1H3/t11-/m0/s1. The highest BCUT2D eigenvalue weighted by atomic mass is 16.6. The highest BCUT2D eigenvalue weighted by molar-refractivity contribution is 5.78. The molecule has 0 aromatic heterocycles. The molecule has 18 heavy (non-hydrogen) atoms. The van der Waals surface area contributed by atoms with Crippen molar-refractivity contribution in [3.8, 4) is 11.8 Å². The molecule has 0 aliphatic rings. The van der Waals surface area contributed by atoms with Crippen LogP contribution in [-0.2, 0) is 9.53 Å². The van der Waals surface area contributed by atoms with Crippen LogP contribution in [-0.4, -0.2) is 28.7 Å². The summed E-state index contributed by atoms with van der Waals surface area (Å²) in [5, 5.41) is 19.7. The van der Waals surface area contributed by atoms with E-state index in [-0.39, 0.29) is 12.3 Å². The Bertz CT molecular complexity index is 497. The maximum atomic E-state index is 11.0. The predicted octanol–water partition coefficient (Wildman–Crippen LogP) is 0.870. The van der Waals surface area contributed by atoms with E-state index in [9.17, 15) is 20.0 Å². The zero-order valence-corrected chi connectivity index (χ0v) is 9.62. The van der Waals surface area contributed by atoms with Gasteiger partial charge in [0.1, 0.15) is 0 Å². The lowest BCUT2D eigenvalue weighted by Crippen LogP contribution is -2.21. The molecule has 1 rings (SSSR count). The van der Waals surface area contributed by atoms with E-state index in [1.54, 1.807) is 6.92 Å². The number of nitrogens with zero attached hydrogens (tertiary/aromatic N) is 1. The molecule has 1 N–H and O–H groups in total. The molecule has 6 heteroatoms. The molecule has 0 aliphatic heterocycles. The molecule has 1 atom stereocenters. The van der Waals surface area contributed by atoms with Gasteiger partial charge in [-0.3, -0.25) is 10.1 Å². The van der Waals surface area contributed by atoms with Gasteiger partial charge >= 0.3 is 5.97 Å². The van der Waals surface area contributed by atoms with Gasteiger partial charge in [-0.25, -0.2) is 4.79 Å². The first-order valence-electron chi connectivity index (χ1n) is 5.15. The number of rotatable bonds is 3. The number of hydrogen-bond donors (Lipinski definition) is 1. The smallest absolute Gasteiger partial charge is 0.347 e. The molecular formula is C12H11NO5. The van der Waals surface area contributed by atoms with Gasteiger partial charge in [0.2, 0.25) is 6.10 Å². The molecule has 0 unspecified atom stereocenters. The van der Waals surface area contributed by atoms with E-state index < -0.39 is 17.0 Å². The molecule has 0 spiro atoms. The molecule has 0 heterocycles. The molecule has 0 aliphatic carbocycles. The molecule has 6 nitrogen and oxygen atoms in total. The number of aliphatic hydroxyl groups is 1. The summed E-state index contributed by atoms with van der Waals surface area (Å²) in [6.07, 6.45) is -1.51. The van der Waals surface area contributed by atoms with E-state index in [1.807, 2.05) is 0 Å². The molecule has 1 aromatic carbocycles. The topological polar surface area (TPSA) is 89.7 Å². The van der Waals surface area contributed by atoms with E-state index in [0.717, 1.165) is 0 Å². The summed E-state index contributed by atoms with van der Waals surface area (Å²) < 4.78 is 4.56. The van der Waals surface area contributed by atoms with E-state index in [1.165, 1.54) is 24.3 Å². The van der Waals surface area contributed by atoms with E-state index in [2.05, 4.69) is 16.6 Å². The molecule has 1 aromatic rings. The van der Waals surface area contributed by atoms with Crippen LogP contribution in [0.4, 0.5) is 5.69 Å². The third-order valence-corrected chi connectivity index (χ3v) is 1.94. The van der Waals surface area contributed by atoms with Gasteiger partial charge in [-0.15, -0.1) is 0 Å². The fourth-order valence-electron chi connectivity index (χ4n) is 1.10. The van der Waals surface area contributed by atoms with Gasteiger partial charge in [-0.05, 0) is 19.1 Å². The summed E-state index contributed by atoms with van der Waals surface area (Å²) >= 11 is 0. The van der Waals surface area contributed by atoms with E-state index in [4.69, 9.17) is 0 Å². The average molecular weight is 249 g/mol. The molecule has 0 saturated carbocycles. The van der Waals surface area contributed by atoms with Crippen LogP contribution in [0.25, 0.3) is 0 Å². The van der Waals surface area contributed by atoms with Crippen molar-refractivity contribution in [2.75, 3.05) is 6.61 Å². The Labute approximate surface area is 103 Å². The van der Waals surface area contributed by atoms with Crippen LogP contribution < -0.4 is 0 Å². The Balaban J connectivity index is 2.73. The minimum absolute atomic E-state index is 0.0495. The average Bonchev–Trinajstić information content (AvgIpc) is 2.36. The number of nitro groups is 1. The lowest BCUT2D eigenvalue weighted by Gasteiger charge is -2.01. The van der Waals surface area contributed by atoms with Crippen LogP contribution in [0.1, 0.15) is 12.5 Å². The Morgan fingerprint density at radius 3 is 2.61 bits per heavy atom. The summed E-state index contributed by atoms with van der Waals surface area (Å²) in [5.41, 5.74) is 0.412. The highest BCUT2D eigenvalue weighted by Gasteiger charge is 2.12. The summed E-state index contributed by atoms with van der Waals surface area (Å²) in [6, 6.07) is 5.45. The van der Waals surface area contributed by atoms with Gasteiger partial charge in [0, 0.05) is 17.7 Å². The van der Waals surface area contributed by atoms with Gasteiger partial charge in [-0.1, -0.05) is 11.8 Å². The number of carbonyl (C=O) groups is 1. The number of non-ortho nitro benzene ring substituents is 1. The SMILES string of the molecule is CCOC(=O)[C@@H](O)C#Cc1ccc([N+](=O)[O-])cc1. The highest BCUT2D eigenvalue weighted by Crippen LogP contribution is 2.10. The largest absolute Gasteiger partial charge is 0.463 e. The molecule has 0 fully saturated rings. The minimum atomic E-state index is -1.51. The zero-order chi connectivity index (χ0) is 13.5. The van der Waals surface area contributed by atoms with Crippen LogP contribution in [0.2, 0.25) is 0 Å². The number of aliphatic hydroxyl groups excluding tert-OH is 1. The Morgan fingerprint density at radius 1 is 1.50 bits per heavy atom. The quantitative estimate of drug-likeness (QED) is 0.371. The van der Waals surface area contributed by atoms with Crippen molar-refractivity contribution in [2.45, 2.75) is 13.0 Å². The Morgan fingerprint density at radius 2 is 2.11 bits per heavy atom. The molecule has 0 radical (unpaired) electrons. The number of ether oxygens (including phenoxy) is 1. The Kier molecular flexibility index (Phi) is 4.84. The van der Waals surface area contributed by atoms with E-state index >= 15 is 0 Å². The normalized spacial score (nSPS) is 11.0. The second-order valence-electron chi connectivity index (χ2n) is 3.23. The number of esters is 1. The van der Waals surface area contributed by atoms with Crippen LogP contribution >= 0.6 is 0 Å². The van der Waals surface area contributed by atoms with Crippen LogP contribution in [0.3, 0.4) is 0 Å². The molecule has 0 amide bonds. The summed E-state index contributed by atoms with van der Waals surface area (Å²) in [4.78, 5) is 20.9. The van der Waals surface area contributed by atoms with Gasteiger partial charge in [0.25, 0.3) is 5.69 Å². The number of nitro benzene ring substituents is 1. The third kappa shape index (κ3) is 3.88. The van der Waals surface area contributed by atoms with Crippen molar-refractivity contribution in [3.05, 3.63) is 39.9 Å². The molecule has 0 bridgehead atoms. The van der Waals surface area contributed by atoms with Crippen molar-refractivity contribution in [3.63, 3.8) is 0 Å². The van der Waals surface area contributed by atoms with Gasteiger partial charge < -0.3 is 9.84 Å². The minimum Gasteiger partial charge on any atom is -0.463 e. The van der Waals surface area contributed by atoms with Gasteiger partial charge in [0.05, 0.1) is 11.5 Å². The van der Waals surface area contributed by atoms with Crippen molar-refractivity contribution >= 4 is 11.7 Å². The van der Waals surface area contributed by atoms with Crippen molar-refractivity contribution in [2.24, 2.45) is 0 Å². The lowest BCUT2D eigenvalue weighted by atomic mass is 10.2. The second-order valence-corrected chi connectivity index (χ2v) is 3.23. The first-order chi connectivity index (χ1) is 8.54. The fourth-order valence-corrected chi connectivity index (χ4v) is 1.10. The molecule has 0 saturated heterocycles. The number of carbonyl (C=O) groups excluding carboxylic acids is 1. The summed E-state index contributed by atoms with van der Waals surface area (Å²) in [7, 11) is 0. The first kappa shape index (κ1) is 13.7. The summed E-state index contributed by atoms with van der Waals surface area (Å²) in [6.45, 7) is 1.78. The maximum Gasteiger partial charge on any atom is 0.347 e. The van der Waals surface area contributed by atoms with E-state index in [0.29, 0.717) is 5.56 Å². The molecule has 94 valence electrons. The zero-order valence-electron chi connectivity index (χ0n) is 9.62. The van der Waals surface area contributed by atoms with Crippen molar-refractivity contribution < 1.29 is 19.6 Å². The predicted molar refractivity (Wildman–Crippen MR) is 62.6 cm³/mol. The van der Waals surface area contributed by atoms with Gasteiger partial charge in [-0.2, -0.15) is 0 Å². The second kappa shape index (κ2) is 6.37. The monoisotopic (exact) mass is 249 g/mol. The van der Waals surface area contributed by atoms with Crippen LogP contribution in [0, 0.1) is 22.0 Å². The number of benzene rings is 1. The molecular weight excluding hydrogens is 238 g/mol. The van der Waals surface area contributed by atoms with Crippen molar-refractivity contribution in [1.29, 1.82) is 0 Å². The van der Waals surface area contributed by atoms with Crippen LogP contribution in [0.15, 0.2) is 24.3 Å². The maximum absolute atomic E-state index is 11.0. The van der Waals surface area contributed by atoms with Gasteiger partial charge in [0.15, 0.2) is 0 Å². The first-order valence-corrected chi connectivity index (χ1v) is 5.15. The summed E-state index contributed by atoms with van der Waals surface area (Å²) in [5.74, 6) is 4.01. The van der Waals surface area contributed by atoms with Crippen LogP contribution in [0.5, 0.6) is 0 Å².